The fraction of sp³-hybridized carbons (Fsp3) is 0.353. The molecule has 0 aliphatic carbocycles. The molecule has 2 aromatic rings. The SMILES string of the molecule is O=C(N[C@@H]1CCN(Cc2ccccn2)C[C@H]1O)C(=O)c1ccco1. The maximum atomic E-state index is 12.0. The number of aliphatic hydroxyl groups is 1. The van der Waals surface area contributed by atoms with Crippen molar-refractivity contribution in [2.24, 2.45) is 0 Å². The van der Waals surface area contributed by atoms with Crippen molar-refractivity contribution in [3.05, 3.63) is 54.2 Å². The number of carbonyl (C=O) groups is 2. The number of piperidine rings is 1. The molecule has 0 aromatic carbocycles. The zero-order valence-electron chi connectivity index (χ0n) is 13.1. The summed E-state index contributed by atoms with van der Waals surface area (Å²) in [6.45, 7) is 1.76. The Balaban J connectivity index is 1.52. The Hall–Kier alpha value is -2.51. The minimum absolute atomic E-state index is 0.00502. The van der Waals surface area contributed by atoms with Crippen molar-refractivity contribution < 1.29 is 19.1 Å². The smallest absolute Gasteiger partial charge is 0.296 e. The fourth-order valence-electron chi connectivity index (χ4n) is 2.78. The van der Waals surface area contributed by atoms with Crippen molar-refractivity contribution in [3.8, 4) is 0 Å². The highest BCUT2D eigenvalue weighted by molar-refractivity contribution is 6.42. The third-order valence-corrected chi connectivity index (χ3v) is 4.05. The number of furan rings is 1. The third kappa shape index (κ3) is 3.87. The van der Waals surface area contributed by atoms with Gasteiger partial charge in [0.1, 0.15) is 0 Å². The molecule has 7 nitrogen and oxygen atoms in total. The summed E-state index contributed by atoms with van der Waals surface area (Å²) in [4.78, 5) is 30.2. The number of nitrogens with zero attached hydrogens (tertiary/aromatic N) is 2. The molecular formula is C17H19N3O4. The monoisotopic (exact) mass is 329 g/mol. The van der Waals surface area contributed by atoms with Crippen LogP contribution in [0.5, 0.6) is 0 Å². The number of likely N-dealkylation sites (tertiary alicyclic amines) is 1. The molecule has 2 aromatic heterocycles. The average molecular weight is 329 g/mol. The number of aromatic nitrogens is 1. The van der Waals surface area contributed by atoms with Gasteiger partial charge in [-0.1, -0.05) is 6.07 Å². The summed E-state index contributed by atoms with van der Waals surface area (Å²) in [5.41, 5.74) is 0.931. The number of amides is 1. The Morgan fingerprint density at radius 2 is 2.21 bits per heavy atom. The number of nitrogens with one attached hydrogen (secondary N) is 1. The van der Waals surface area contributed by atoms with Gasteiger partial charge >= 0.3 is 0 Å². The standard InChI is InChI=1S/C17H19N3O4/c21-14-11-20(10-12-4-1-2-7-18-12)8-6-13(14)19-17(23)16(22)15-5-3-9-24-15/h1-5,7,9,13-14,21H,6,8,10-11H2,(H,19,23)/t13-,14-/m1/s1. The number of β-amino-alcohol motifs (C(OH)–C–C–N with tert-alkyl or cyclic N) is 1. The first kappa shape index (κ1) is 16.4. The summed E-state index contributed by atoms with van der Waals surface area (Å²) in [6, 6.07) is 8.25. The van der Waals surface area contributed by atoms with E-state index >= 15 is 0 Å². The zero-order chi connectivity index (χ0) is 16.9. The van der Waals surface area contributed by atoms with E-state index < -0.39 is 23.8 Å². The summed E-state index contributed by atoms with van der Waals surface area (Å²) >= 11 is 0. The van der Waals surface area contributed by atoms with Crippen LogP contribution in [0.4, 0.5) is 0 Å². The number of Topliss-reactive ketones (excluding diaryl/α,β-unsaturated/α-hetero) is 1. The van der Waals surface area contributed by atoms with Gasteiger partial charge in [-0.25, -0.2) is 0 Å². The molecule has 0 bridgehead atoms. The lowest BCUT2D eigenvalue weighted by Gasteiger charge is -2.35. The van der Waals surface area contributed by atoms with Crippen molar-refractivity contribution in [1.29, 1.82) is 0 Å². The minimum Gasteiger partial charge on any atom is -0.461 e. The Morgan fingerprint density at radius 3 is 2.88 bits per heavy atom. The second kappa shape index (κ2) is 7.37. The molecule has 3 heterocycles. The van der Waals surface area contributed by atoms with Crippen LogP contribution in [0.3, 0.4) is 0 Å². The number of aliphatic hydroxyl groups excluding tert-OH is 1. The van der Waals surface area contributed by atoms with E-state index in [0.29, 0.717) is 26.1 Å². The van der Waals surface area contributed by atoms with Gasteiger partial charge in [-0.15, -0.1) is 0 Å². The second-order valence-corrected chi connectivity index (χ2v) is 5.80. The first-order valence-electron chi connectivity index (χ1n) is 7.82. The highest BCUT2D eigenvalue weighted by Crippen LogP contribution is 2.14. The summed E-state index contributed by atoms with van der Waals surface area (Å²) in [7, 11) is 0. The predicted molar refractivity (Wildman–Crippen MR) is 85.1 cm³/mol. The number of carbonyl (C=O) groups excluding carboxylic acids is 2. The van der Waals surface area contributed by atoms with Crippen LogP contribution in [0.25, 0.3) is 0 Å². The molecule has 0 spiro atoms. The molecule has 0 unspecified atom stereocenters. The Morgan fingerprint density at radius 1 is 1.33 bits per heavy atom. The van der Waals surface area contributed by atoms with Crippen LogP contribution in [0.2, 0.25) is 0 Å². The molecule has 1 fully saturated rings. The highest BCUT2D eigenvalue weighted by Gasteiger charge is 2.31. The number of hydrogen-bond acceptors (Lipinski definition) is 6. The van der Waals surface area contributed by atoms with E-state index in [9.17, 15) is 14.7 Å². The van der Waals surface area contributed by atoms with Crippen LogP contribution < -0.4 is 5.32 Å². The second-order valence-electron chi connectivity index (χ2n) is 5.80. The van der Waals surface area contributed by atoms with Gasteiger partial charge in [0.05, 0.1) is 24.1 Å². The van der Waals surface area contributed by atoms with Crippen LogP contribution >= 0.6 is 0 Å². The number of rotatable bonds is 5. The number of hydrogen-bond donors (Lipinski definition) is 2. The van der Waals surface area contributed by atoms with Crippen LogP contribution in [0.1, 0.15) is 22.7 Å². The van der Waals surface area contributed by atoms with Gasteiger partial charge in [0.2, 0.25) is 0 Å². The third-order valence-electron chi connectivity index (χ3n) is 4.05. The van der Waals surface area contributed by atoms with Gasteiger partial charge in [-0.3, -0.25) is 19.5 Å². The molecule has 126 valence electrons. The number of ketones is 1. The normalized spacial score (nSPS) is 21.4. The first-order valence-corrected chi connectivity index (χ1v) is 7.82. The largest absolute Gasteiger partial charge is 0.461 e. The molecule has 1 aliphatic rings. The average Bonchev–Trinajstić information content (AvgIpc) is 3.12. The molecule has 7 heteroatoms. The Bertz CT molecular complexity index is 687. The minimum atomic E-state index is -0.757. The summed E-state index contributed by atoms with van der Waals surface area (Å²) in [6.07, 6.45) is 2.89. The zero-order valence-corrected chi connectivity index (χ0v) is 13.1. The van der Waals surface area contributed by atoms with Crippen molar-refractivity contribution in [3.63, 3.8) is 0 Å². The van der Waals surface area contributed by atoms with Crippen molar-refractivity contribution >= 4 is 11.7 Å². The molecule has 2 N–H and O–H groups in total. The van der Waals surface area contributed by atoms with Gasteiger partial charge < -0.3 is 14.8 Å². The van der Waals surface area contributed by atoms with E-state index in [1.807, 2.05) is 18.2 Å². The molecule has 1 amide bonds. The van der Waals surface area contributed by atoms with Gasteiger partial charge in [0, 0.05) is 25.8 Å². The van der Waals surface area contributed by atoms with E-state index in [4.69, 9.17) is 4.42 Å². The quantitative estimate of drug-likeness (QED) is 0.616. The van der Waals surface area contributed by atoms with E-state index in [-0.39, 0.29) is 5.76 Å². The molecule has 0 saturated carbocycles. The van der Waals surface area contributed by atoms with Crippen molar-refractivity contribution in [2.45, 2.75) is 25.1 Å². The van der Waals surface area contributed by atoms with Crippen molar-refractivity contribution in [2.75, 3.05) is 13.1 Å². The van der Waals surface area contributed by atoms with Crippen LogP contribution in [-0.2, 0) is 11.3 Å². The lowest BCUT2D eigenvalue weighted by Crippen LogP contribution is -2.54. The number of pyridine rings is 1. The topological polar surface area (TPSA) is 95.7 Å². The Kier molecular flexibility index (Phi) is 5.02. The van der Waals surface area contributed by atoms with Crippen molar-refractivity contribution in [1.82, 2.24) is 15.2 Å². The first-order chi connectivity index (χ1) is 11.6. The lowest BCUT2D eigenvalue weighted by molar-refractivity contribution is -0.119. The molecule has 2 atom stereocenters. The van der Waals surface area contributed by atoms with E-state index in [0.717, 1.165) is 5.69 Å². The van der Waals surface area contributed by atoms with E-state index in [1.165, 1.54) is 12.3 Å². The van der Waals surface area contributed by atoms with Gasteiger partial charge in [-0.2, -0.15) is 0 Å². The van der Waals surface area contributed by atoms with Gasteiger partial charge in [0.15, 0.2) is 5.76 Å². The fourth-order valence-corrected chi connectivity index (χ4v) is 2.78. The molecule has 1 saturated heterocycles. The van der Waals surface area contributed by atoms with Crippen LogP contribution in [-0.4, -0.2) is 51.9 Å². The molecule has 3 rings (SSSR count). The Labute approximate surface area is 139 Å². The highest BCUT2D eigenvalue weighted by atomic mass is 16.3. The van der Waals surface area contributed by atoms with E-state index in [1.54, 1.807) is 12.3 Å². The van der Waals surface area contributed by atoms with Gasteiger partial charge in [-0.05, 0) is 30.7 Å². The summed E-state index contributed by atoms with van der Waals surface area (Å²) < 4.78 is 4.93. The lowest BCUT2D eigenvalue weighted by atomic mass is 10.0. The molecule has 24 heavy (non-hydrogen) atoms. The van der Waals surface area contributed by atoms with Crippen LogP contribution in [0.15, 0.2) is 47.2 Å². The maximum absolute atomic E-state index is 12.0. The molecule has 1 aliphatic heterocycles. The predicted octanol–water partition coefficient (Wildman–Crippen LogP) is 0.609. The summed E-state index contributed by atoms with van der Waals surface area (Å²) in [5, 5.41) is 12.9. The molecular weight excluding hydrogens is 310 g/mol. The van der Waals surface area contributed by atoms with E-state index in [2.05, 4.69) is 15.2 Å². The molecule has 0 radical (unpaired) electrons. The van der Waals surface area contributed by atoms with Gasteiger partial charge in [0.25, 0.3) is 11.7 Å². The maximum Gasteiger partial charge on any atom is 0.296 e. The summed E-state index contributed by atoms with van der Waals surface area (Å²) in [5.74, 6) is -1.50. The van der Waals surface area contributed by atoms with Crippen LogP contribution in [0, 0.1) is 0 Å².